The summed E-state index contributed by atoms with van der Waals surface area (Å²) in [7, 11) is 1.62. The van der Waals surface area contributed by atoms with E-state index < -0.39 is 0 Å². The van der Waals surface area contributed by atoms with Gasteiger partial charge in [0.05, 0.1) is 19.6 Å². The van der Waals surface area contributed by atoms with Crippen LogP contribution in [0.15, 0.2) is 67.0 Å². The molecular formula is C21H21FN2O2. The molecule has 1 aromatic heterocycles. The number of carbonyl (C=O) groups excluding carboxylic acids is 1. The van der Waals surface area contributed by atoms with Crippen LogP contribution in [0.2, 0.25) is 0 Å². The van der Waals surface area contributed by atoms with E-state index in [1.54, 1.807) is 20.1 Å². The van der Waals surface area contributed by atoms with E-state index in [9.17, 15) is 9.18 Å². The second-order valence-electron chi connectivity index (χ2n) is 6.13. The highest BCUT2D eigenvalue weighted by molar-refractivity contribution is 5.92. The molecule has 0 aliphatic rings. The molecule has 1 amide bonds. The first kappa shape index (κ1) is 17.7. The lowest BCUT2D eigenvalue weighted by atomic mass is 10.0. The number of methoxy groups -OCH3 is 1. The normalized spacial score (nSPS) is 11.8. The van der Waals surface area contributed by atoms with Gasteiger partial charge in [0, 0.05) is 18.1 Å². The van der Waals surface area contributed by atoms with Gasteiger partial charge in [0.15, 0.2) is 0 Å². The number of ether oxygens (including phenoxy) is 1. The number of carbonyl (C=O) groups is 1. The lowest BCUT2D eigenvalue weighted by molar-refractivity contribution is -0.116. The molecule has 1 N–H and O–H groups in total. The average Bonchev–Trinajstić information content (AvgIpc) is 3.16. The van der Waals surface area contributed by atoms with Crippen LogP contribution in [0.4, 0.5) is 10.1 Å². The topological polar surface area (TPSA) is 43.3 Å². The fraction of sp³-hybridized carbons (Fsp3) is 0.190. The Labute approximate surface area is 152 Å². The van der Waals surface area contributed by atoms with Crippen molar-refractivity contribution in [1.29, 1.82) is 0 Å². The molecule has 0 saturated carbocycles. The molecule has 0 fully saturated rings. The van der Waals surface area contributed by atoms with E-state index in [0.717, 1.165) is 11.3 Å². The molecule has 3 aromatic rings. The number of aryl methyl sites for hydroxylation is 1. The number of nitrogens with one attached hydrogen (secondary N) is 1. The van der Waals surface area contributed by atoms with Gasteiger partial charge in [-0.2, -0.15) is 0 Å². The van der Waals surface area contributed by atoms with Crippen LogP contribution >= 0.6 is 0 Å². The third-order valence-corrected chi connectivity index (χ3v) is 4.31. The van der Waals surface area contributed by atoms with Crippen LogP contribution in [-0.4, -0.2) is 17.6 Å². The van der Waals surface area contributed by atoms with Gasteiger partial charge in [-0.05, 0) is 60.5 Å². The summed E-state index contributed by atoms with van der Waals surface area (Å²) in [5.41, 5.74) is 2.29. The summed E-state index contributed by atoms with van der Waals surface area (Å²) in [6.07, 6.45) is 4.11. The van der Waals surface area contributed by atoms with Gasteiger partial charge in [0.25, 0.3) is 0 Å². The molecular weight excluding hydrogens is 331 g/mol. The Balaban J connectivity index is 1.82. The lowest BCUT2D eigenvalue weighted by Gasteiger charge is -2.20. The summed E-state index contributed by atoms with van der Waals surface area (Å²) >= 11 is 0. The van der Waals surface area contributed by atoms with Crippen molar-refractivity contribution in [2.75, 3.05) is 12.4 Å². The van der Waals surface area contributed by atoms with E-state index in [1.165, 1.54) is 12.1 Å². The van der Waals surface area contributed by atoms with Crippen LogP contribution in [0, 0.1) is 12.7 Å². The van der Waals surface area contributed by atoms with E-state index in [4.69, 9.17) is 4.74 Å². The van der Waals surface area contributed by atoms with E-state index in [0.29, 0.717) is 11.3 Å². The highest BCUT2D eigenvalue weighted by Gasteiger charge is 2.18. The van der Waals surface area contributed by atoms with Crippen LogP contribution in [-0.2, 0) is 4.79 Å². The Morgan fingerprint density at radius 1 is 1.15 bits per heavy atom. The molecule has 0 radical (unpaired) electrons. The molecule has 0 aliphatic carbocycles. The highest BCUT2D eigenvalue weighted by atomic mass is 19.1. The van der Waals surface area contributed by atoms with Crippen molar-refractivity contribution in [3.63, 3.8) is 0 Å². The van der Waals surface area contributed by atoms with Crippen molar-refractivity contribution in [2.45, 2.75) is 19.4 Å². The minimum atomic E-state index is -0.318. The highest BCUT2D eigenvalue weighted by Crippen LogP contribution is 2.26. The monoisotopic (exact) mass is 352 g/mol. The Morgan fingerprint density at radius 2 is 1.92 bits per heavy atom. The van der Waals surface area contributed by atoms with Gasteiger partial charge >= 0.3 is 0 Å². The van der Waals surface area contributed by atoms with Crippen LogP contribution < -0.4 is 10.1 Å². The number of amides is 1. The van der Waals surface area contributed by atoms with Crippen LogP contribution in [0.25, 0.3) is 0 Å². The third-order valence-electron chi connectivity index (χ3n) is 4.31. The molecule has 1 atom stereocenters. The number of anilines is 1. The third kappa shape index (κ3) is 4.11. The van der Waals surface area contributed by atoms with E-state index >= 15 is 0 Å². The van der Waals surface area contributed by atoms with Gasteiger partial charge in [-0.15, -0.1) is 0 Å². The molecule has 134 valence electrons. The number of halogens is 1. The van der Waals surface area contributed by atoms with Gasteiger partial charge in [0.2, 0.25) is 5.91 Å². The van der Waals surface area contributed by atoms with Crippen molar-refractivity contribution < 1.29 is 13.9 Å². The number of rotatable bonds is 6. The summed E-state index contributed by atoms with van der Waals surface area (Å²) in [4.78, 5) is 12.6. The molecule has 1 unspecified atom stereocenters. The lowest BCUT2D eigenvalue weighted by Crippen LogP contribution is -2.20. The van der Waals surface area contributed by atoms with Crippen molar-refractivity contribution >= 4 is 11.6 Å². The molecule has 2 aromatic carbocycles. The summed E-state index contributed by atoms with van der Waals surface area (Å²) < 4.78 is 20.5. The van der Waals surface area contributed by atoms with Crippen LogP contribution in [0.1, 0.15) is 23.6 Å². The number of hydrogen-bond acceptors (Lipinski definition) is 2. The van der Waals surface area contributed by atoms with Crippen molar-refractivity contribution in [3.8, 4) is 5.75 Å². The summed E-state index contributed by atoms with van der Waals surface area (Å²) in [5, 5.41) is 2.88. The maximum atomic E-state index is 13.2. The predicted octanol–water partition coefficient (Wildman–Crippen LogP) is 4.56. The molecule has 0 bridgehead atoms. The molecule has 26 heavy (non-hydrogen) atoms. The second-order valence-corrected chi connectivity index (χ2v) is 6.13. The predicted molar refractivity (Wildman–Crippen MR) is 99.9 cm³/mol. The molecule has 0 saturated heterocycles. The van der Waals surface area contributed by atoms with Gasteiger partial charge in [-0.25, -0.2) is 4.39 Å². The fourth-order valence-corrected chi connectivity index (χ4v) is 2.94. The minimum Gasteiger partial charge on any atom is -0.497 e. The first-order chi connectivity index (χ1) is 12.6. The van der Waals surface area contributed by atoms with Gasteiger partial charge < -0.3 is 14.6 Å². The zero-order valence-corrected chi connectivity index (χ0v) is 14.8. The van der Waals surface area contributed by atoms with Gasteiger partial charge in [0.1, 0.15) is 11.6 Å². The molecule has 0 spiro atoms. The zero-order chi connectivity index (χ0) is 18.5. The average molecular weight is 352 g/mol. The maximum absolute atomic E-state index is 13.2. The van der Waals surface area contributed by atoms with Crippen molar-refractivity contribution in [1.82, 2.24) is 4.57 Å². The number of hydrogen-bond donors (Lipinski definition) is 1. The maximum Gasteiger partial charge on any atom is 0.226 e. The Hall–Kier alpha value is -3.08. The number of aromatic nitrogens is 1. The van der Waals surface area contributed by atoms with E-state index in [1.807, 2.05) is 53.4 Å². The van der Waals surface area contributed by atoms with E-state index in [2.05, 4.69) is 5.32 Å². The van der Waals surface area contributed by atoms with Gasteiger partial charge in [-0.3, -0.25) is 4.79 Å². The number of nitrogens with zero attached hydrogens (tertiary/aromatic N) is 1. The zero-order valence-electron chi connectivity index (χ0n) is 14.8. The molecule has 3 rings (SSSR count). The Morgan fingerprint density at radius 3 is 2.62 bits per heavy atom. The SMILES string of the molecule is COc1cccc(C(CC(=O)Nc2ccc(F)cc2C)n2cccc2)c1. The molecule has 5 heteroatoms. The Kier molecular flexibility index (Phi) is 5.37. The second kappa shape index (κ2) is 7.87. The molecule has 0 aliphatic heterocycles. The van der Waals surface area contributed by atoms with Gasteiger partial charge in [-0.1, -0.05) is 12.1 Å². The molecule has 4 nitrogen and oxygen atoms in total. The molecule has 1 heterocycles. The Bertz CT molecular complexity index is 891. The van der Waals surface area contributed by atoms with Crippen LogP contribution in [0.5, 0.6) is 5.75 Å². The first-order valence-electron chi connectivity index (χ1n) is 8.39. The standard InChI is InChI=1S/C21H21FN2O2/c1-15-12-17(22)8-9-19(15)23-21(25)14-20(24-10-3-4-11-24)16-6-5-7-18(13-16)26-2/h3-13,20H,14H2,1-2H3,(H,23,25). The van der Waals surface area contributed by atoms with Crippen LogP contribution in [0.3, 0.4) is 0 Å². The largest absolute Gasteiger partial charge is 0.497 e. The summed E-state index contributed by atoms with van der Waals surface area (Å²) in [6, 6.07) is 15.7. The smallest absolute Gasteiger partial charge is 0.226 e. The minimum absolute atomic E-state index is 0.138. The fourth-order valence-electron chi connectivity index (χ4n) is 2.94. The van der Waals surface area contributed by atoms with Crippen molar-refractivity contribution in [3.05, 3.63) is 83.9 Å². The number of benzene rings is 2. The first-order valence-corrected chi connectivity index (χ1v) is 8.39. The summed E-state index contributed by atoms with van der Waals surface area (Å²) in [6.45, 7) is 1.77. The quantitative estimate of drug-likeness (QED) is 0.707. The van der Waals surface area contributed by atoms with E-state index in [-0.39, 0.29) is 24.2 Å². The van der Waals surface area contributed by atoms with Crippen molar-refractivity contribution in [2.24, 2.45) is 0 Å². The summed E-state index contributed by atoms with van der Waals surface area (Å²) in [5.74, 6) is 0.290.